The standard InChI is InChI=1S/C40H55NO9/c1-22-26(50-33(47)49-22)21-48-32(46)40(8)27-9-12-39(7)29(37(27,5)11-10-28(40)41-30(43)35(3)14-15-35)25(42)19-23-24-20-36(4,31(44)45)16-13-34(24,2)17-18-38(23,39)6/h19,24,27-29H,9-18,20-21H2,1-8H3,(H,41,43)(H,44,45)/t24?,27?,28-,29+,34+,36-,37-,38+,39+,40-/m0/s1. The molecule has 1 aromatic rings. The van der Waals surface area contributed by atoms with Crippen LogP contribution in [0.5, 0.6) is 0 Å². The summed E-state index contributed by atoms with van der Waals surface area (Å²) in [5.41, 5.74) is -2.61. The van der Waals surface area contributed by atoms with E-state index in [4.69, 9.17) is 13.6 Å². The minimum Gasteiger partial charge on any atom is -0.481 e. The van der Waals surface area contributed by atoms with Crippen LogP contribution < -0.4 is 11.1 Å². The SMILES string of the molecule is Cc1oc(=O)oc1COC(=O)[C@@]1(C)C2CC[C@]3(C)[C@H](C(=O)C=C4C5C[C@@](C)(C(=O)O)CC[C@]5(C)CC[C@]43C)[C@@]2(C)CC[C@@H]1NC(=O)C1(C)CC1. The second kappa shape index (κ2) is 10.9. The number of rotatable bonds is 6. The maximum absolute atomic E-state index is 14.9. The summed E-state index contributed by atoms with van der Waals surface area (Å²) >= 11 is 0. The van der Waals surface area contributed by atoms with Crippen LogP contribution in [0.15, 0.2) is 25.3 Å². The number of carboxylic acids is 1. The van der Waals surface area contributed by atoms with Gasteiger partial charge in [-0.05, 0) is 131 Å². The lowest BCUT2D eigenvalue weighted by atomic mass is 9.33. The molecule has 0 bridgehead atoms. The van der Waals surface area contributed by atoms with Crippen LogP contribution in [0.1, 0.15) is 131 Å². The van der Waals surface area contributed by atoms with E-state index in [1.54, 1.807) is 6.92 Å². The van der Waals surface area contributed by atoms with Crippen molar-refractivity contribution in [2.24, 2.45) is 55.7 Å². The van der Waals surface area contributed by atoms with Gasteiger partial charge in [0.05, 0.1) is 10.8 Å². The number of hydrogen-bond donors (Lipinski definition) is 2. The van der Waals surface area contributed by atoms with Gasteiger partial charge in [0.1, 0.15) is 0 Å². The summed E-state index contributed by atoms with van der Waals surface area (Å²) in [6, 6.07) is -0.494. The van der Waals surface area contributed by atoms with Gasteiger partial charge in [-0.1, -0.05) is 40.2 Å². The van der Waals surface area contributed by atoms with Gasteiger partial charge in [0.2, 0.25) is 5.91 Å². The Morgan fingerprint density at radius 1 is 0.880 bits per heavy atom. The molecule has 274 valence electrons. The first-order valence-electron chi connectivity index (χ1n) is 18.7. The van der Waals surface area contributed by atoms with Crippen LogP contribution in [-0.2, 0) is 30.5 Å². The summed E-state index contributed by atoms with van der Waals surface area (Å²) in [6.45, 7) is 16.1. The molecule has 0 spiro atoms. The van der Waals surface area contributed by atoms with E-state index in [0.29, 0.717) is 38.5 Å². The van der Waals surface area contributed by atoms with Crippen molar-refractivity contribution in [3.8, 4) is 0 Å². The maximum Gasteiger partial charge on any atom is 0.519 e. The van der Waals surface area contributed by atoms with E-state index in [1.165, 1.54) is 0 Å². The zero-order valence-corrected chi connectivity index (χ0v) is 31.1. The monoisotopic (exact) mass is 693 g/mol. The minimum absolute atomic E-state index is 0.0183. The summed E-state index contributed by atoms with van der Waals surface area (Å²) < 4.78 is 16.1. The van der Waals surface area contributed by atoms with E-state index < -0.39 is 50.9 Å². The third-order valence-electron chi connectivity index (χ3n) is 16.2. The molecular formula is C40H55NO9. The number of amides is 1. The van der Waals surface area contributed by atoms with Crippen molar-refractivity contribution in [2.75, 3.05) is 0 Å². The van der Waals surface area contributed by atoms with Crippen LogP contribution >= 0.6 is 0 Å². The third kappa shape index (κ3) is 4.74. The van der Waals surface area contributed by atoms with Crippen LogP contribution in [0, 0.1) is 62.6 Å². The number of aliphatic carboxylic acids is 1. The average Bonchev–Trinajstić information content (AvgIpc) is 3.71. The summed E-state index contributed by atoms with van der Waals surface area (Å²) in [6.07, 6.45) is 10.0. The fourth-order valence-corrected chi connectivity index (χ4v) is 12.1. The number of ketones is 1. The topological polar surface area (TPSA) is 153 Å². The molecule has 2 unspecified atom stereocenters. The van der Waals surface area contributed by atoms with E-state index in [2.05, 4.69) is 33.0 Å². The number of fused-ring (bicyclic) bond motifs is 7. The number of nitrogens with one attached hydrogen (secondary N) is 1. The van der Waals surface area contributed by atoms with E-state index >= 15 is 0 Å². The molecule has 0 radical (unpaired) electrons. The highest BCUT2D eigenvalue weighted by molar-refractivity contribution is 5.96. The highest BCUT2D eigenvalue weighted by Gasteiger charge is 2.72. The second-order valence-corrected chi connectivity index (χ2v) is 19.0. The fourth-order valence-electron chi connectivity index (χ4n) is 12.1. The van der Waals surface area contributed by atoms with Crippen molar-refractivity contribution < 1.29 is 37.9 Å². The average molecular weight is 694 g/mol. The van der Waals surface area contributed by atoms with Crippen molar-refractivity contribution >= 4 is 23.6 Å². The number of allylic oxidation sites excluding steroid dienone is 2. The van der Waals surface area contributed by atoms with E-state index in [9.17, 15) is 29.1 Å². The zero-order valence-electron chi connectivity index (χ0n) is 31.1. The summed E-state index contributed by atoms with van der Waals surface area (Å²) in [5.74, 6) is -2.30. The number of esters is 1. The lowest BCUT2D eigenvalue weighted by molar-refractivity contribution is -0.205. The van der Waals surface area contributed by atoms with Crippen LogP contribution in [0.4, 0.5) is 0 Å². The summed E-state index contributed by atoms with van der Waals surface area (Å²) in [4.78, 5) is 67.1. The highest BCUT2D eigenvalue weighted by atomic mass is 16.6. The van der Waals surface area contributed by atoms with Crippen molar-refractivity contribution in [1.29, 1.82) is 0 Å². The van der Waals surface area contributed by atoms with Crippen molar-refractivity contribution in [3.63, 3.8) is 0 Å². The molecule has 5 saturated carbocycles. The van der Waals surface area contributed by atoms with Gasteiger partial charge in [-0.15, -0.1) is 0 Å². The molecule has 0 saturated heterocycles. The Hall–Kier alpha value is -3.17. The molecular weight excluding hydrogens is 638 g/mol. The Labute approximate surface area is 294 Å². The first kappa shape index (κ1) is 35.2. The van der Waals surface area contributed by atoms with Crippen LogP contribution in [0.3, 0.4) is 0 Å². The van der Waals surface area contributed by atoms with Gasteiger partial charge >= 0.3 is 17.8 Å². The number of ether oxygens (including phenoxy) is 1. The predicted molar refractivity (Wildman–Crippen MR) is 182 cm³/mol. The number of carbonyl (C=O) groups is 4. The lowest BCUT2D eigenvalue weighted by Gasteiger charge is -2.70. The quantitative estimate of drug-likeness (QED) is 0.303. The van der Waals surface area contributed by atoms with Crippen molar-refractivity contribution in [2.45, 2.75) is 139 Å². The Kier molecular flexibility index (Phi) is 7.70. The van der Waals surface area contributed by atoms with Gasteiger partial charge in [0.15, 0.2) is 23.9 Å². The van der Waals surface area contributed by atoms with E-state index in [0.717, 1.165) is 37.7 Å². The second-order valence-electron chi connectivity index (χ2n) is 19.0. The molecule has 10 nitrogen and oxygen atoms in total. The van der Waals surface area contributed by atoms with Gasteiger partial charge in [0.25, 0.3) is 0 Å². The summed E-state index contributed by atoms with van der Waals surface area (Å²) in [5, 5.41) is 13.5. The van der Waals surface area contributed by atoms with Crippen LogP contribution in [-0.4, -0.2) is 34.8 Å². The molecule has 5 fully saturated rings. The zero-order chi connectivity index (χ0) is 36.4. The Morgan fingerprint density at radius 3 is 2.16 bits per heavy atom. The largest absolute Gasteiger partial charge is 0.519 e. The molecule has 0 aliphatic heterocycles. The predicted octanol–water partition coefficient (Wildman–Crippen LogP) is 6.91. The fraction of sp³-hybridized carbons (Fsp3) is 0.775. The van der Waals surface area contributed by atoms with Crippen molar-refractivity contribution in [1.82, 2.24) is 5.32 Å². The van der Waals surface area contributed by atoms with E-state index in [1.807, 2.05) is 26.8 Å². The normalized spacial score (nSPS) is 44.4. The number of aryl methyl sites for hydroxylation is 1. The Bertz CT molecular complexity index is 1750. The molecule has 50 heavy (non-hydrogen) atoms. The Morgan fingerprint density at radius 2 is 1.54 bits per heavy atom. The van der Waals surface area contributed by atoms with Gasteiger partial charge in [-0.3, -0.25) is 19.2 Å². The van der Waals surface area contributed by atoms with Crippen LogP contribution in [0.2, 0.25) is 0 Å². The molecule has 10 atom stereocenters. The maximum atomic E-state index is 14.9. The van der Waals surface area contributed by atoms with Gasteiger partial charge in [0, 0.05) is 17.4 Å². The molecule has 10 heteroatoms. The summed E-state index contributed by atoms with van der Waals surface area (Å²) in [7, 11) is 0. The van der Waals surface area contributed by atoms with Crippen LogP contribution in [0.25, 0.3) is 0 Å². The third-order valence-corrected chi connectivity index (χ3v) is 16.2. The number of carbonyl (C=O) groups excluding carboxylic acids is 3. The highest BCUT2D eigenvalue weighted by Crippen LogP contribution is 2.75. The molecule has 6 aliphatic carbocycles. The molecule has 7 rings (SSSR count). The van der Waals surface area contributed by atoms with Gasteiger partial charge in [-0.25, -0.2) is 4.79 Å². The molecule has 1 amide bonds. The first-order valence-corrected chi connectivity index (χ1v) is 18.7. The minimum atomic E-state index is -1.16. The van der Waals surface area contributed by atoms with E-state index in [-0.39, 0.29) is 58.4 Å². The van der Waals surface area contributed by atoms with Gasteiger partial charge < -0.3 is 24.0 Å². The number of carboxylic acid groups (broad SMARTS) is 1. The lowest BCUT2D eigenvalue weighted by Crippen LogP contribution is -2.69. The molecule has 1 aromatic heterocycles. The Balaban J connectivity index is 1.27. The van der Waals surface area contributed by atoms with Crippen molar-refractivity contribution in [3.05, 3.63) is 33.8 Å². The molecule has 1 heterocycles. The molecule has 6 aliphatic rings. The van der Waals surface area contributed by atoms with Gasteiger partial charge in [-0.2, -0.15) is 0 Å². The first-order chi connectivity index (χ1) is 23.2. The smallest absolute Gasteiger partial charge is 0.481 e. The molecule has 0 aromatic carbocycles. The number of hydrogen-bond acceptors (Lipinski definition) is 8. The molecule has 2 N–H and O–H groups in total.